The normalized spacial score (nSPS) is 20.4. The first kappa shape index (κ1) is 12.0. The number of hydrogen-bond donors (Lipinski definition) is 0. The molecule has 0 spiro atoms. The van der Waals surface area contributed by atoms with Crippen LogP contribution in [0.15, 0.2) is 6.07 Å². The van der Waals surface area contributed by atoms with Crippen LogP contribution in [0.4, 0.5) is 5.95 Å². The summed E-state index contributed by atoms with van der Waals surface area (Å²) < 4.78 is 0. The van der Waals surface area contributed by atoms with Crippen molar-refractivity contribution in [3.8, 4) is 0 Å². The Hall–Kier alpha value is -1.45. The monoisotopic (exact) mass is 233 g/mol. The lowest BCUT2D eigenvalue weighted by molar-refractivity contribution is -0.120. The summed E-state index contributed by atoms with van der Waals surface area (Å²) in [4.78, 5) is 22.5. The molecule has 1 fully saturated rings. The minimum atomic E-state index is 0.146. The van der Waals surface area contributed by atoms with E-state index in [9.17, 15) is 4.79 Å². The van der Waals surface area contributed by atoms with Gasteiger partial charge >= 0.3 is 0 Å². The second-order valence-corrected chi connectivity index (χ2v) is 4.85. The van der Waals surface area contributed by atoms with Gasteiger partial charge in [-0.15, -0.1) is 0 Å². The molecule has 1 aliphatic heterocycles. The summed E-state index contributed by atoms with van der Waals surface area (Å²) in [6.45, 7) is 7.34. The van der Waals surface area contributed by atoms with Gasteiger partial charge in [0.15, 0.2) is 0 Å². The van der Waals surface area contributed by atoms with Crippen LogP contribution in [0.1, 0.15) is 31.2 Å². The van der Waals surface area contributed by atoms with Gasteiger partial charge in [-0.2, -0.15) is 0 Å². The van der Waals surface area contributed by atoms with Crippen molar-refractivity contribution < 1.29 is 4.79 Å². The van der Waals surface area contributed by atoms with Crippen LogP contribution >= 0.6 is 0 Å². The van der Waals surface area contributed by atoms with Gasteiger partial charge in [-0.1, -0.05) is 0 Å². The summed E-state index contributed by atoms with van der Waals surface area (Å²) in [5.74, 6) is 1.20. The molecule has 1 atom stereocenters. The van der Waals surface area contributed by atoms with Crippen molar-refractivity contribution in [2.24, 2.45) is 5.92 Å². The third-order valence-corrected chi connectivity index (χ3v) is 3.25. The van der Waals surface area contributed by atoms with Crippen LogP contribution in [-0.4, -0.2) is 28.8 Å². The molecule has 2 heterocycles. The SMILES string of the molecule is CC(=O)C1CCCN(c2nc(C)cc(C)n2)C1. The van der Waals surface area contributed by atoms with E-state index in [1.54, 1.807) is 6.92 Å². The number of carbonyl (C=O) groups is 1. The predicted octanol–water partition coefficient (Wildman–Crippen LogP) is 1.90. The third kappa shape index (κ3) is 2.81. The number of nitrogens with zero attached hydrogens (tertiary/aromatic N) is 3. The second kappa shape index (κ2) is 4.82. The van der Waals surface area contributed by atoms with Gasteiger partial charge in [0, 0.05) is 30.4 Å². The van der Waals surface area contributed by atoms with Crippen LogP contribution < -0.4 is 4.90 Å². The van der Waals surface area contributed by atoms with E-state index in [-0.39, 0.29) is 11.7 Å². The van der Waals surface area contributed by atoms with Gasteiger partial charge in [-0.25, -0.2) is 9.97 Å². The molecule has 1 aliphatic rings. The third-order valence-electron chi connectivity index (χ3n) is 3.25. The Morgan fingerprint density at radius 3 is 2.59 bits per heavy atom. The maximum Gasteiger partial charge on any atom is 0.225 e. The minimum absolute atomic E-state index is 0.146. The maximum atomic E-state index is 11.4. The van der Waals surface area contributed by atoms with Crippen molar-refractivity contribution in [3.63, 3.8) is 0 Å². The second-order valence-electron chi connectivity index (χ2n) is 4.85. The molecule has 17 heavy (non-hydrogen) atoms. The highest BCUT2D eigenvalue weighted by Gasteiger charge is 2.24. The molecule has 1 saturated heterocycles. The van der Waals surface area contributed by atoms with Crippen LogP contribution in [0.5, 0.6) is 0 Å². The summed E-state index contributed by atoms with van der Waals surface area (Å²) in [5, 5.41) is 0. The van der Waals surface area contributed by atoms with Crippen LogP contribution in [-0.2, 0) is 4.79 Å². The van der Waals surface area contributed by atoms with Crippen molar-refractivity contribution in [3.05, 3.63) is 17.5 Å². The minimum Gasteiger partial charge on any atom is -0.340 e. The summed E-state index contributed by atoms with van der Waals surface area (Å²) in [7, 11) is 0. The number of piperidine rings is 1. The van der Waals surface area contributed by atoms with E-state index in [1.807, 2.05) is 19.9 Å². The molecule has 1 aromatic rings. The largest absolute Gasteiger partial charge is 0.340 e. The summed E-state index contributed by atoms with van der Waals surface area (Å²) in [5.41, 5.74) is 1.97. The van der Waals surface area contributed by atoms with Crippen molar-refractivity contribution in [1.82, 2.24) is 9.97 Å². The molecule has 0 N–H and O–H groups in total. The molecule has 4 nitrogen and oxygen atoms in total. The van der Waals surface area contributed by atoms with Crippen molar-refractivity contribution >= 4 is 11.7 Å². The van der Waals surface area contributed by atoms with Crippen molar-refractivity contribution in [1.29, 1.82) is 0 Å². The first-order valence-corrected chi connectivity index (χ1v) is 6.14. The Morgan fingerprint density at radius 2 is 2.00 bits per heavy atom. The van der Waals surface area contributed by atoms with Crippen LogP contribution in [0.25, 0.3) is 0 Å². The Morgan fingerprint density at radius 1 is 1.35 bits per heavy atom. The summed E-state index contributed by atoms with van der Waals surface area (Å²) in [6.07, 6.45) is 2.04. The van der Waals surface area contributed by atoms with E-state index >= 15 is 0 Å². The molecule has 0 aromatic carbocycles. The number of carbonyl (C=O) groups excluding carboxylic acids is 1. The molecule has 2 rings (SSSR count). The summed E-state index contributed by atoms with van der Waals surface area (Å²) >= 11 is 0. The maximum absolute atomic E-state index is 11.4. The molecule has 4 heteroatoms. The zero-order valence-corrected chi connectivity index (χ0v) is 10.7. The molecular formula is C13H19N3O. The van der Waals surface area contributed by atoms with E-state index in [4.69, 9.17) is 0 Å². The number of Topliss-reactive ketones (excluding diaryl/α,β-unsaturated/α-hetero) is 1. The molecule has 0 amide bonds. The molecule has 1 unspecified atom stereocenters. The molecule has 1 aromatic heterocycles. The Kier molecular flexibility index (Phi) is 3.41. The van der Waals surface area contributed by atoms with E-state index < -0.39 is 0 Å². The lowest BCUT2D eigenvalue weighted by Gasteiger charge is -2.31. The first-order chi connectivity index (χ1) is 8.06. The molecule has 0 aliphatic carbocycles. The Labute approximate surface area is 102 Å². The highest BCUT2D eigenvalue weighted by Crippen LogP contribution is 2.21. The summed E-state index contributed by atoms with van der Waals surface area (Å²) in [6, 6.07) is 1.97. The van der Waals surface area contributed by atoms with E-state index in [0.29, 0.717) is 0 Å². The fourth-order valence-electron chi connectivity index (χ4n) is 2.34. The van der Waals surface area contributed by atoms with Crippen LogP contribution in [0.3, 0.4) is 0 Å². The number of ketones is 1. The quantitative estimate of drug-likeness (QED) is 0.782. The molecule has 0 bridgehead atoms. The number of aryl methyl sites for hydroxylation is 2. The van der Waals surface area contributed by atoms with Crippen LogP contribution in [0.2, 0.25) is 0 Å². The average Bonchev–Trinajstić information content (AvgIpc) is 2.28. The number of hydrogen-bond acceptors (Lipinski definition) is 4. The number of aromatic nitrogens is 2. The fourth-order valence-corrected chi connectivity index (χ4v) is 2.34. The molecule has 0 saturated carbocycles. The van der Waals surface area contributed by atoms with Gasteiger partial charge in [0.25, 0.3) is 0 Å². The molecule has 0 radical (unpaired) electrons. The topological polar surface area (TPSA) is 46.1 Å². The van der Waals surface area contributed by atoms with E-state index in [2.05, 4.69) is 14.9 Å². The highest BCUT2D eigenvalue weighted by molar-refractivity contribution is 5.79. The predicted molar refractivity (Wildman–Crippen MR) is 67.1 cm³/mol. The first-order valence-electron chi connectivity index (χ1n) is 6.14. The fraction of sp³-hybridized carbons (Fsp3) is 0.615. The van der Waals surface area contributed by atoms with Gasteiger partial charge in [-0.05, 0) is 39.7 Å². The van der Waals surface area contributed by atoms with E-state index in [1.165, 1.54) is 0 Å². The highest BCUT2D eigenvalue weighted by atomic mass is 16.1. The van der Waals surface area contributed by atoms with Crippen LogP contribution in [0, 0.1) is 19.8 Å². The van der Waals surface area contributed by atoms with Gasteiger partial charge < -0.3 is 4.90 Å². The van der Waals surface area contributed by atoms with Gasteiger partial charge in [0.1, 0.15) is 5.78 Å². The Balaban J connectivity index is 2.18. The number of rotatable bonds is 2. The average molecular weight is 233 g/mol. The zero-order chi connectivity index (χ0) is 12.4. The molecular weight excluding hydrogens is 214 g/mol. The standard InChI is InChI=1S/C13H19N3O/c1-9-7-10(2)15-13(14-9)16-6-4-5-12(8-16)11(3)17/h7,12H,4-6,8H2,1-3H3. The Bertz CT molecular complexity index is 410. The van der Waals surface area contributed by atoms with Gasteiger partial charge in [0.2, 0.25) is 5.95 Å². The van der Waals surface area contributed by atoms with Gasteiger partial charge in [-0.3, -0.25) is 4.79 Å². The van der Waals surface area contributed by atoms with Crippen molar-refractivity contribution in [2.75, 3.05) is 18.0 Å². The lowest BCUT2D eigenvalue weighted by Crippen LogP contribution is -2.39. The number of anilines is 1. The smallest absolute Gasteiger partial charge is 0.225 e. The lowest BCUT2D eigenvalue weighted by atomic mass is 9.95. The van der Waals surface area contributed by atoms with Gasteiger partial charge in [0.05, 0.1) is 0 Å². The zero-order valence-electron chi connectivity index (χ0n) is 10.7. The van der Waals surface area contributed by atoms with Crippen molar-refractivity contribution in [2.45, 2.75) is 33.6 Å². The molecule has 92 valence electrons. The van der Waals surface area contributed by atoms with E-state index in [0.717, 1.165) is 43.3 Å².